The van der Waals surface area contributed by atoms with E-state index in [0.29, 0.717) is 12.0 Å². The van der Waals surface area contributed by atoms with Crippen LogP contribution >= 0.6 is 0 Å². The van der Waals surface area contributed by atoms with Crippen LogP contribution in [-0.2, 0) is 14.3 Å². The van der Waals surface area contributed by atoms with Gasteiger partial charge < -0.3 is 19.5 Å². The van der Waals surface area contributed by atoms with Gasteiger partial charge in [0.1, 0.15) is 5.75 Å². The number of carbonyl (C=O) groups is 1. The smallest absolute Gasteiger partial charge is 0.230 e. The Hall–Kier alpha value is -1.59. The van der Waals surface area contributed by atoms with E-state index in [4.69, 9.17) is 14.2 Å². The van der Waals surface area contributed by atoms with Crippen LogP contribution in [0.25, 0.3) is 0 Å². The van der Waals surface area contributed by atoms with Crippen LogP contribution < -0.4 is 10.1 Å². The van der Waals surface area contributed by atoms with Crippen molar-refractivity contribution in [2.24, 2.45) is 11.8 Å². The standard InChI is InChI=1S/C19H25NO4/c21-19(17-11-16-5-6-18(17)24-16)20-14-1-3-15(4-2-14)23-12-13-7-9-22-10-8-13/h1-4,13,16-18H,5-12H2,(H,20,21)/t16-,17-,18+/m1/s1. The molecule has 5 heteroatoms. The third-order valence-electron chi connectivity index (χ3n) is 5.39. The highest BCUT2D eigenvalue weighted by atomic mass is 16.5. The number of rotatable bonds is 5. The zero-order valence-corrected chi connectivity index (χ0v) is 13.9. The van der Waals surface area contributed by atoms with E-state index in [9.17, 15) is 4.79 Å². The minimum atomic E-state index is 0.00759. The average molecular weight is 331 g/mol. The van der Waals surface area contributed by atoms with Crippen LogP contribution in [0.15, 0.2) is 24.3 Å². The molecule has 3 heterocycles. The van der Waals surface area contributed by atoms with Crippen molar-refractivity contribution in [1.82, 2.24) is 0 Å². The minimum absolute atomic E-state index is 0.00759. The van der Waals surface area contributed by atoms with Gasteiger partial charge >= 0.3 is 0 Å². The van der Waals surface area contributed by atoms with Crippen molar-refractivity contribution < 1.29 is 19.0 Å². The van der Waals surface area contributed by atoms with Crippen molar-refractivity contribution in [2.45, 2.75) is 44.3 Å². The van der Waals surface area contributed by atoms with Crippen molar-refractivity contribution in [2.75, 3.05) is 25.1 Å². The number of hydrogen-bond acceptors (Lipinski definition) is 4. The first kappa shape index (κ1) is 15.9. The zero-order chi connectivity index (χ0) is 16.4. The van der Waals surface area contributed by atoms with E-state index < -0.39 is 0 Å². The van der Waals surface area contributed by atoms with Crippen LogP contribution in [-0.4, -0.2) is 37.9 Å². The summed E-state index contributed by atoms with van der Waals surface area (Å²) in [6, 6.07) is 7.66. The van der Waals surface area contributed by atoms with Crippen molar-refractivity contribution in [3.8, 4) is 5.75 Å². The Kier molecular flexibility index (Phi) is 4.72. The average Bonchev–Trinajstić information content (AvgIpc) is 3.25. The minimum Gasteiger partial charge on any atom is -0.493 e. The summed E-state index contributed by atoms with van der Waals surface area (Å²) in [5.41, 5.74) is 0.821. The molecule has 0 aromatic heterocycles. The summed E-state index contributed by atoms with van der Waals surface area (Å²) in [7, 11) is 0. The van der Waals surface area contributed by atoms with Gasteiger partial charge in [0.05, 0.1) is 24.7 Å². The Labute approximate surface area is 142 Å². The first-order chi connectivity index (χ1) is 11.8. The molecule has 1 aromatic carbocycles. The van der Waals surface area contributed by atoms with Crippen LogP contribution in [0.5, 0.6) is 5.75 Å². The molecule has 5 nitrogen and oxygen atoms in total. The molecule has 2 bridgehead atoms. The van der Waals surface area contributed by atoms with E-state index in [1.165, 1.54) is 0 Å². The van der Waals surface area contributed by atoms with Crippen LogP contribution in [0.1, 0.15) is 32.1 Å². The maximum absolute atomic E-state index is 12.4. The van der Waals surface area contributed by atoms with Gasteiger partial charge in [-0.2, -0.15) is 0 Å². The molecule has 0 saturated carbocycles. The van der Waals surface area contributed by atoms with Gasteiger partial charge in [-0.15, -0.1) is 0 Å². The van der Waals surface area contributed by atoms with E-state index >= 15 is 0 Å². The molecule has 3 saturated heterocycles. The summed E-state index contributed by atoms with van der Waals surface area (Å²) in [5, 5.41) is 3.01. The van der Waals surface area contributed by atoms with Crippen molar-refractivity contribution in [3.63, 3.8) is 0 Å². The van der Waals surface area contributed by atoms with Gasteiger partial charge in [-0.25, -0.2) is 0 Å². The van der Waals surface area contributed by atoms with Gasteiger partial charge in [0.25, 0.3) is 0 Å². The summed E-state index contributed by atoms with van der Waals surface area (Å²) in [6.07, 6.45) is 5.54. The topological polar surface area (TPSA) is 56.8 Å². The van der Waals surface area contributed by atoms with E-state index in [2.05, 4.69) is 5.32 Å². The lowest BCUT2D eigenvalue weighted by Gasteiger charge is -2.22. The Balaban J connectivity index is 1.27. The molecule has 3 atom stereocenters. The number of benzene rings is 1. The second kappa shape index (κ2) is 7.11. The predicted molar refractivity (Wildman–Crippen MR) is 90.1 cm³/mol. The molecule has 0 unspecified atom stereocenters. The third kappa shape index (κ3) is 3.57. The van der Waals surface area contributed by atoms with Gasteiger partial charge in [0.2, 0.25) is 5.91 Å². The number of hydrogen-bond donors (Lipinski definition) is 1. The van der Waals surface area contributed by atoms with Crippen LogP contribution in [0.4, 0.5) is 5.69 Å². The van der Waals surface area contributed by atoms with E-state index in [0.717, 1.165) is 63.4 Å². The maximum Gasteiger partial charge on any atom is 0.230 e. The normalized spacial score (nSPS) is 29.6. The summed E-state index contributed by atoms with van der Waals surface area (Å²) in [6.45, 7) is 2.41. The second-order valence-electron chi connectivity index (χ2n) is 7.10. The molecule has 4 rings (SSSR count). The van der Waals surface area contributed by atoms with Crippen molar-refractivity contribution in [1.29, 1.82) is 0 Å². The number of anilines is 1. The fourth-order valence-corrected chi connectivity index (χ4v) is 3.91. The predicted octanol–water partition coefficient (Wildman–Crippen LogP) is 3.00. The van der Waals surface area contributed by atoms with Gasteiger partial charge in [-0.1, -0.05) is 0 Å². The molecule has 1 N–H and O–H groups in total. The molecule has 3 aliphatic rings. The molecular weight excluding hydrogens is 306 g/mol. The zero-order valence-electron chi connectivity index (χ0n) is 13.9. The van der Waals surface area contributed by atoms with Gasteiger partial charge in [0, 0.05) is 18.9 Å². The number of amides is 1. The SMILES string of the molecule is O=C(Nc1ccc(OCC2CCOCC2)cc1)[C@@H]1C[C@H]2CC[C@@H]1O2. The first-order valence-electron chi connectivity index (χ1n) is 9.05. The second-order valence-corrected chi connectivity index (χ2v) is 7.10. The molecule has 0 aliphatic carbocycles. The highest BCUT2D eigenvalue weighted by molar-refractivity contribution is 5.93. The molecule has 3 fully saturated rings. The number of ether oxygens (including phenoxy) is 3. The van der Waals surface area contributed by atoms with Crippen LogP contribution in [0, 0.1) is 11.8 Å². The quantitative estimate of drug-likeness (QED) is 0.901. The van der Waals surface area contributed by atoms with E-state index in [1.54, 1.807) is 0 Å². The fraction of sp³-hybridized carbons (Fsp3) is 0.632. The fourth-order valence-electron chi connectivity index (χ4n) is 3.91. The molecule has 0 spiro atoms. The molecule has 0 radical (unpaired) electrons. The Bertz CT molecular complexity index is 567. The number of carbonyl (C=O) groups excluding carboxylic acids is 1. The Morgan fingerprint density at radius 1 is 1.12 bits per heavy atom. The van der Waals surface area contributed by atoms with Crippen LogP contribution in [0.3, 0.4) is 0 Å². The van der Waals surface area contributed by atoms with Crippen LogP contribution in [0.2, 0.25) is 0 Å². The molecule has 24 heavy (non-hydrogen) atoms. The first-order valence-corrected chi connectivity index (χ1v) is 9.05. The number of fused-ring (bicyclic) bond motifs is 2. The third-order valence-corrected chi connectivity index (χ3v) is 5.39. The summed E-state index contributed by atoms with van der Waals surface area (Å²) in [4.78, 5) is 12.4. The maximum atomic E-state index is 12.4. The van der Waals surface area contributed by atoms with E-state index in [-0.39, 0.29) is 17.9 Å². The highest BCUT2D eigenvalue weighted by Crippen LogP contribution is 2.39. The lowest BCUT2D eigenvalue weighted by Crippen LogP contribution is -2.30. The highest BCUT2D eigenvalue weighted by Gasteiger charge is 2.44. The van der Waals surface area contributed by atoms with Gasteiger partial charge in [-0.05, 0) is 62.3 Å². The number of nitrogens with one attached hydrogen (secondary N) is 1. The molecule has 3 aliphatic heterocycles. The van der Waals surface area contributed by atoms with Crippen molar-refractivity contribution >= 4 is 11.6 Å². The molecular formula is C19H25NO4. The lowest BCUT2D eigenvalue weighted by molar-refractivity contribution is -0.121. The summed E-state index contributed by atoms with van der Waals surface area (Å²) in [5.74, 6) is 1.52. The van der Waals surface area contributed by atoms with E-state index in [1.807, 2.05) is 24.3 Å². The Morgan fingerprint density at radius 2 is 1.92 bits per heavy atom. The van der Waals surface area contributed by atoms with Crippen molar-refractivity contribution in [3.05, 3.63) is 24.3 Å². The largest absolute Gasteiger partial charge is 0.493 e. The molecule has 130 valence electrons. The summed E-state index contributed by atoms with van der Waals surface area (Å²) < 4.78 is 17.0. The monoisotopic (exact) mass is 331 g/mol. The van der Waals surface area contributed by atoms with Gasteiger partial charge in [-0.3, -0.25) is 4.79 Å². The molecule has 1 amide bonds. The van der Waals surface area contributed by atoms with Gasteiger partial charge in [0.15, 0.2) is 0 Å². The molecule has 1 aromatic rings. The lowest BCUT2D eigenvalue weighted by atomic mass is 9.88. The summed E-state index contributed by atoms with van der Waals surface area (Å²) >= 11 is 0. The Morgan fingerprint density at radius 3 is 2.58 bits per heavy atom.